The third kappa shape index (κ3) is 5.02. The van der Waals surface area contributed by atoms with Gasteiger partial charge in [0.25, 0.3) is 0 Å². The number of hydrogen-bond acceptors (Lipinski definition) is 2. The van der Waals surface area contributed by atoms with E-state index in [4.69, 9.17) is 5.26 Å². The van der Waals surface area contributed by atoms with Crippen LogP contribution in [0.25, 0.3) is 11.1 Å². The van der Waals surface area contributed by atoms with E-state index in [1.165, 1.54) is 12.1 Å². The molecule has 0 saturated carbocycles. The van der Waals surface area contributed by atoms with Gasteiger partial charge in [-0.3, -0.25) is 0 Å². The molecule has 2 aromatic rings. The van der Waals surface area contributed by atoms with E-state index in [2.05, 4.69) is 4.74 Å². The summed E-state index contributed by atoms with van der Waals surface area (Å²) in [6, 6.07) is 7.90. The van der Waals surface area contributed by atoms with E-state index < -0.39 is 59.9 Å². The quantitative estimate of drug-likeness (QED) is 0.275. The van der Waals surface area contributed by atoms with Crippen molar-refractivity contribution in [2.75, 3.05) is 6.61 Å². The molecule has 0 fully saturated rings. The van der Waals surface area contributed by atoms with Crippen molar-refractivity contribution in [3.05, 3.63) is 53.8 Å². The van der Waals surface area contributed by atoms with Gasteiger partial charge in [-0.05, 0) is 35.4 Å². The Morgan fingerprint density at radius 1 is 0.590 bits per heavy atom. The molecule has 18 heteroatoms. The molecule has 0 aliphatic carbocycles. The molecule has 2 aromatic carbocycles. The Morgan fingerprint density at radius 2 is 1.03 bits per heavy atom. The summed E-state index contributed by atoms with van der Waals surface area (Å²) in [5, 5.41) is 8.68. The van der Waals surface area contributed by atoms with Gasteiger partial charge in [0.1, 0.15) is 17.6 Å². The second kappa shape index (κ2) is 9.66. The highest BCUT2D eigenvalue weighted by Gasteiger charge is 2.93. The van der Waals surface area contributed by atoms with Crippen LogP contribution in [0.15, 0.2) is 42.5 Å². The molecule has 0 radical (unpaired) electrons. The van der Waals surface area contributed by atoms with Gasteiger partial charge < -0.3 is 4.74 Å². The molecule has 0 bridgehead atoms. The Bertz CT molecular complexity index is 1230. The number of alkyl halides is 15. The van der Waals surface area contributed by atoms with Crippen molar-refractivity contribution in [1.82, 2.24) is 0 Å². The van der Waals surface area contributed by atoms with E-state index in [-0.39, 0.29) is 16.7 Å². The Balaban J connectivity index is 2.31. The van der Waals surface area contributed by atoms with Crippen LogP contribution in [-0.4, -0.2) is 48.3 Å². The van der Waals surface area contributed by atoms with Gasteiger partial charge in [0.15, 0.2) is 6.61 Å². The molecule has 216 valence electrons. The zero-order valence-corrected chi connectivity index (χ0v) is 18.2. The van der Waals surface area contributed by atoms with Gasteiger partial charge in [-0.15, -0.1) is 0 Å². The number of rotatable bonds is 9. The standard InChI is InChI=1S/C21H9F16NO/c22-14-7-11(1-2-12(14)8-38)10-3-5-13(6-4-10)39-9-15(23,24)16(25,26)17(27,28)18(29,30)19(31,32)20(33,34)21(35,36)37/h1-7H,9H2. The number of halogens is 16. The highest BCUT2D eigenvalue weighted by atomic mass is 19.4. The molecule has 0 atom stereocenters. The fourth-order valence-electron chi connectivity index (χ4n) is 2.79. The van der Waals surface area contributed by atoms with E-state index in [9.17, 15) is 70.2 Å². The Hall–Kier alpha value is -3.39. The lowest BCUT2D eigenvalue weighted by Crippen LogP contribution is -2.73. The molecule has 2 rings (SSSR count). The lowest BCUT2D eigenvalue weighted by atomic mass is 9.91. The van der Waals surface area contributed by atoms with Gasteiger partial charge in [0.2, 0.25) is 0 Å². The lowest BCUT2D eigenvalue weighted by molar-refractivity contribution is -0.453. The predicted molar refractivity (Wildman–Crippen MR) is 97.8 cm³/mol. The zero-order valence-electron chi connectivity index (χ0n) is 18.2. The summed E-state index contributed by atoms with van der Waals surface area (Å²) in [7, 11) is 0. The minimum Gasteiger partial charge on any atom is -0.487 e. The van der Waals surface area contributed by atoms with E-state index in [0.29, 0.717) is 12.1 Å². The Labute approximate surface area is 206 Å². The average Bonchev–Trinajstić information content (AvgIpc) is 2.81. The summed E-state index contributed by atoms with van der Waals surface area (Å²) in [5.74, 6) is -49.0. The van der Waals surface area contributed by atoms with E-state index in [1.54, 1.807) is 0 Å². The van der Waals surface area contributed by atoms with E-state index >= 15 is 0 Å². The second-order valence-corrected chi connectivity index (χ2v) is 7.69. The van der Waals surface area contributed by atoms with Crippen molar-refractivity contribution in [2.24, 2.45) is 0 Å². The van der Waals surface area contributed by atoms with Crippen LogP contribution >= 0.6 is 0 Å². The molecule has 0 aliphatic rings. The van der Waals surface area contributed by atoms with Gasteiger partial charge in [-0.25, -0.2) is 4.39 Å². The third-order valence-electron chi connectivity index (χ3n) is 5.09. The maximum Gasteiger partial charge on any atom is 0.460 e. The van der Waals surface area contributed by atoms with Crippen molar-refractivity contribution in [3.8, 4) is 22.9 Å². The molecular formula is C21H9F16NO. The molecule has 0 saturated heterocycles. The van der Waals surface area contributed by atoms with Crippen molar-refractivity contribution < 1.29 is 75.0 Å². The third-order valence-corrected chi connectivity index (χ3v) is 5.09. The summed E-state index contributed by atoms with van der Waals surface area (Å²) in [6.45, 7) is -2.97. The summed E-state index contributed by atoms with van der Waals surface area (Å²) < 4.78 is 216. The first kappa shape index (κ1) is 31.8. The predicted octanol–water partition coefficient (Wildman–Crippen LogP) is 8.12. The van der Waals surface area contributed by atoms with Crippen LogP contribution in [0.4, 0.5) is 70.2 Å². The topological polar surface area (TPSA) is 33.0 Å². The van der Waals surface area contributed by atoms with Crippen LogP contribution in [0.5, 0.6) is 5.75 Å². The maximum atomic E-state index is 13.9. The minimum absolute atomic E-state index is 0.0772. The highest BCUT2D eigenvalue weighted by molar-refractivity contribution is 5.65. The Morgan fingerprint density at radius 3 is 1.46 bits per heavy atom. The lowest BCUT2D eigenvalue weighted by Gasteiger charge is -2.41. The molecule has 0 unspecified atom stereocenters. The Kier molecular flexibility index (Phi) is 7.88. The summed E-state index contributed by atoms with van der Waals surface area (Å²) in [6.07, 6.45) is -7.67. The van der Waals surface area contributed by atoms with Crippen molar-refractivity contribution in [2.45, 2.75) is 41.7 Å². The molecule has 0 aliphatic heterocycles. The van der Waals surface area contributed by atoms with Crippen LogP contribution in [-0.2, 0) is 0 Å². The van der Waals surface area contributed by atoms with Gasteiger partial charge >= 0.3 is 41.7 Å². The van der Waals surface area contributed by atoms with Crippen LogP contribution in [0.3, 0.4) is 0 Å². The number of nitrogens with zero attached hydrogens (tertiary/aromatic N) is 1. The summed E-state index contributed by atoms with van der Waals surface area (Å²) in [4.78, 5) is 0. The first-order chi connectivity index (χ1) is 17.4. The smallest absolute Gasteiger partial charge is 0.460 e. The minimum atomic E-state index is -8.37. The first-order valence-corrected chi connectivity index (χ1v) is 9.65. The van der Waals surface area contributed by atoms with Gasteiger partial charge in [0.05, 0.1) is 5.56 Å². The van der Waals surface area contributed by atoms with Gasteiger partial charge in [-0.2, -0.15) is 71.1 Å². The van der Waals surface area contributed by atoms with Crippen LogP contribution in [0.1, 0.15) is 5.56 Å². The zero-order chi connectivity index (χ0) is 30.5. The van der Waals surface area contributed by atoms with E-state index in [0.717, 1.165) is 24.3 Å². The second-order valence-electron chi connectivity index (χ2n) is 7.69. The van der Waals surface area contributed by atoms with Crippen molar-refractivity contribution >= 4 is 0 Å². The molecule has 2 nitrogen and oxygen atoms in total. The van der Waals surface area contributed by atoms with E-state index in [1.807, 2.05) is 0 Å². The molecular weight excluding hydrogens is 586 g/mol. The van der Waals surface area contributed by atoms with Crippen LogP contribution < -0.4 is 4.74 Å². The molecule has 0 heterocycles. The average molecular weight is 595 g/mol. The fourth-order valence-corrected chi connectivity index (χ4v) is 2.79. The molecule has 0 aromatic heterocycles. The number of hydrogen-bond donors (Lipinski definition) is 0. The monoisotopic (exact) mass is 595 g/mol. The van der Waals surface area contributed by atoms with Gasteiger partial charge in [-0.1, -0.05) is 18.2 Å². The van der Waals surface area contributed by atoms with Crippen LogP contribution in [0.2, 0.25) is 0 Å². The number of nitriles is 1. The van der Waals surface area contributed by atoms with Crippen LogP contribution in [0, 0.1) is 17.1 Å². The highest BCUT2D eigenvalue weighted by Crippen LogP contribution is 2.62. The molecule has 0 amide bonds. The molecule has 39 heavy (non-hydrogen) atoms. The summed E-state index contributed by atoms with van der Waals surface area (Å²) >= 11 is 0. The maximum absolute atomic E-state index is 13.9. The summed E-state index contributed by atoms with van der Waals surface area (Å²) in [5.41, 5.74) is -0.195. The molecule has 0 spiro atoms. The SMILES string of the molecule is N#Cc1ccc(-c2ccc(OCC(F)(F)C(F)(F)C(F)(F)C(F)(F)C(F)(F)C(F)(F)C(F)(F)F)cc2)cc1F. The number of benzene rings is 2. The molecule has 0 N–H and O–H groups in total. The number of ether oxygens (including phenoxy) is 1. The van der Waals surface area contributed by atoms with Gasteiger partial charge in [0, 0.05) is 0 Å². The largest absolute Gasteiger partial charge is 0.487 e. The fraction of sp³-hybridized carbons (Fsp3) is 0.381. The normalized spacial score (nSPS) is 14.2. The first-order valence-electron chi connectivity index (χ1n) is 9.65. The van der Waals surface area contributed by atoms with Crippen molar-refractivity contribution in [1.29, 1.82) is 5.26 Å². The van der Waals surface area contributed by atoms with Crippen molar-refractivity contribution in [3.63, 3.8) is 0 Å².